The molecule has 2 aromatic heterocycles. The minimum Gasteiger partial charge on any atom is -0.352 e. The van der Waals surface area contributed by atoms with Gasteiger partial charge in [-0.05, 0) is 38.3 Å². The van der Waals surface area contributed by atoms with Crippen molar-refractivity contribution in [3.63, 3.8) is 0 Å². The summed E-state index contributed by atoms with van der Waals surface area (Å²) >= 11 is 0. The Hall–Kier alpha value is -2.41. The van der Waals surface area contributed by atoms with Crippen molar-refractivity contribution in [2.24, 2.45) is 13.0 Å². The summed E-state index contributed by atoms with van der Waals surface area (Å²) in [4.78, 5) is 34.2. The fraction of sp³-hybridized carbons (Fsp3) is 0.550. The Kier molecular flexibility index (Phi) is 6.11. The molecule has 1 unspecified atom stereocenters. The second kappa shape index (κ2) is 8.52. The van der Waals surface area contributed by atoms with Crippen LogP contribution in [-0.4, -0.2) is 45.0 Å². The summed E-state index contributed by atoms with van der Waals surface area (Å²) in [5, 5.41) is 3.02. The molecular formula is C20H29N5O2. The molecule has 0 aliphatic carbocycles. The van der Waals surface area contributed by atoms with Crippen LogP contribution in [0.5, 0.6) is 0 Å². The van der Waals surface area contributed by atoms with Crippen molar-refractivity contribution < 1.29 is 4.79 Å². The molecule has 27 heavy (non-hydrogen) atoms. The molecule has 1 aliphatic rings. The summed E-state index contributed by atoms with van der Waals surface area (Å²) in [6, 6.07) is 3.00. The van der Waals surface area contributed by atoms with Gasteiger partial charge in [0, 0.05) is 51.1 Å². The standard InChI is InChI=1S/C20H29N5O2/c1-4-18-22-14(2)17(23-18)13-25-9-5-6-15(11-25)10-21-20(27)16-7-8-19(26)24(3)12-16/h7-8,12,15H,4-6,9-11,13H2,1-3H3,(H,21,27)(H,22,23). The van der Waals surface area contributed by atoms with Crippen molar-refractivity contribution in [2.75, 3.05) is 19.6 Å². The van der Waals surface area contributed by atoms with Crippen molar-refractivity contribution in [3.05, 3.63) is 51.5 Å². The quantitative estimate of drug-likeness (QED) is 0.808. The van der Waals surface area contributed by atoms with Gasteiger partial charge in [-0.2, -0.15) is 0 Å². The maximum absolute atomic E-state index is 12.3. The Morgan fingerprint density at radius 2 is 2.22 bits per heavy atom. The highest BCUT2D eigenvalue weighted by Crippen LogP contribution is 2.19. The summed E-state index contributed by atoms with van der Waals surface area (Å²) in [5.74, 6) is 1.35. The van der Waals surface area contributed by atoms with Crippen LogP contribution in [0.15, 0.2) is 23.1 Å². The molecule has 0 radical (unpaired) electrons. The number of H-pyrrole nitrogens is 1. The number of rotatable bonds is 6. The Balaban J connectivity index is 1.53. The van der Waals surface area contributed by atoms with Crippen molar-refractivity contribution in [3.8, 4) is 0 Å². The normalized spacial score (nSPS) is 17.8. The van der Waals surface area contributed by atoms with Crippen LogP contribution in [0.25, 0.3) is 0 Å². The average Bonchev–Trinajstić information content (AvgIpc) is 3.02. The molecule has 3 heterocycles. The molecule has 3 rings (SSSR count). The Morgan fingerprint density at radius 3 is 2.93 bits per heavy atom. The van der Waals surface area contributed by atoms with Gasteiger partial charge < -0.3 is 14.9 Å². The van der Waals surface area contributed by atoms with Crippen LogP contribution >= 0.6 is 0 Å². The van der Waals surface area contributed by atoms with E-state index in [-0.39, 0.29) is 11.5 Å². The van der Waals surface area contributed by atoms with E-state index in [4.69, 9.17) is 0 Å². The maximum Gasteiger partial charge on any atom is 0.252 e. The molecule has 1 saturated heterocycles. The zero-order valence-corrected chi connectivity index (χ0v) is 16.4. The van der Waals surface area contributed by atoms with Gasteiger partial charge in [0.15, 0.2) is 0 Å². The van der Waals surface area contributed by atoms with E-state index in [1.807, 2.05) is 0 Å². The van der Waals surface area contributed by atoms with E-state index in [9.17, 15) is 9.59 Å². The number of likely N-dealkylation sites (tertiary alicyclic amines) is 1. The summed E-state index contributed by atoms with van der Waals surface area (Å²) in [6.07, 6.45) is 4.74. The minimum absolute atomic E-state index is 0.116. The number of aromatic amines is 1. The molecule has 0 spiro atoms. The molecule has 2 N–H and O–H groups in total. The van der Waals surface area contributed by atoms with E-state index in [2.05, 4.69) is 34.0 Å². The van der Waals surface area contributed by atoms with Crippen LogP contribution in [0, 0.1) is 12.8 Å². The molecule has 1 fully saturated rings. The zero-order valence-electron chi connectivity index (χ0n) is 16.4. The lowest BCUT2D eigenvalue weighted by Crippen LogP contribution is -2.40. The van der Waals surface area contributed by atoms with Crippen LogP contribution in [-0.2, 0) is 20.0 Å². The molecule has 1 amide bonds. The highest BCUT2D eigenvalue weighted by atomic mass is 16.2. The lowest BCUT2D eigenvalue weighted by atomic mass is 9.97. The molecule has 1 atom stereocenters. The number of aryl methyl sites for hydroxylation is 3. The Bertz CT molecular complexity index is 854. The predicted molar refractivity (Wildman–Crippen MR) is 105 cm³/mol. The number of carbonyl (C=O) groups excluding carboxylic acids is 1. The molecule has 1 aliphatic heterocycles. The molecule has 0 bridgehead atoms. The third kappa shape index (κ3) is 4.86. The van der Waals surface area contributed by atoms with E-state index in [0.717, 1.165) is 56.1 Å². The second-order valence-electron chi connectivity index (χ2n) is 7.43. The number of hydrogen-bond acceptors (Lipinski definition) is 4. The van der Waals surface area contributed by atoms with Crippen LogP contribution in [0.1, 0.15) is 47.3 Å². The van der Waals surface area contributed by atoms with Gasteiger partial charge in [0.05, 0.1) is 11.3 Å². The molecule has 7 nitrogen and oxygen atoms in total. The lowest BCUT2D eigenvalue weighted by molar-refractivity contribution is 0.0929. The number of nitrogens with one attached hydrogen (secondary N) is 2. The number of aromatic nitrogens is 3. The number of nitrogens with zero attached hydrogens (tertiary/aromatic N) is 3. The number of hydrogen-bond donors (Lipinski definition) is 2. The monoisotopic (exact) mass is 371 g/mol. The van der Waals surface area contributed by atoms with Gasteiger partial charge in [0.25, 0.3) is 5.91 Å². The smallest absolute Gasteiger partial charge is 0.252 e. The number of imidazole rings is 1. The van der Waals surface area contributed by atoms with Gasteiger partial charge in [-0.3, -0.25) is 14.5 Å². The molecule has 0 saturated carbocycles. The van der Waals surface area contributed by atoms with Crippen molar-refractivity contribution in [2.45, 2.75) is 39.7 Å². The van der Waals surface area contributed by atoms with E-state index in [0.29, 0.717) is 18.0 Å². The molecule has 7 heteroatoms. The van der Waals surface area contributed by atoms with Crippen molar-refractivity contribution in [1.29, 1.82) is 0 Å². The van der Waals surface area contributed by atoms with Gasteiger partial charge in [-0.1, -0.05) is 6.92 Å². The molecule has 146 valence electrons. The first-order valence-electron chi connectivity index (χ1n) is 9.68. The molecule has 0 aromatic carbocycles. The van der Waals surface area contributed by atoms with Crippen LogP contribution in [0.4, 0.5) is 0 Å². The molecular weight excluding hydrogens is 342 g/mol. The summed E-state index contributed by atoms with van der Waals surface area (Å²) in [7, 11) is 1.65. The Labute approximate surface area is 159 Å². The van der Waals surface area contributed by atoms with Crippen molar-refractivity contribution in [1.82, 2.24) is 24.8 Å². The van der Waals surface area contributed by atoms with Gasteiger partial charge >= 0.3 is 0 Å². The lowest BCUT2D eigenvalue weighted by Gasteiger charge is -2.32. The van der Waals surface area contributed by atoms with E-state index in [1.165, 1.54) is 10.6 Å². The van der Waals surface area contributed by atoms with Crippen molar-refractivity contribution >= 4 is 5.91 Å². The summed E-state index contributed by atoms with van der Waals surface area (Å²) in [5.41, 5.74) is 2.68. The zero-order chi connectivity index (χ0) is 19.4. The van der Waals surface area contributed by atoms with Crippen LogP contribution < -0.4 is 10.9 Å². The SMILES string of the molecule is CCc1nc(CN2CCCC(CNC(=O)c3ccc(=O)n(C)c3)C2)c(C)[nH]1. The topological polar surface area (TPSA) is 83.0 Å². The molecule has 2 aromatic rings. The van der Waals surface area contributed by atoms with E-state index < -0.39 is 0 Å². The predicted octanol–water partition coefficient (Wildman–Crippen LogP) is 1.62. The average molecular weight is 371 g/mol. The first kappa shape index (κ1) is 19.4. The van der Waals surface area contributed by atoms with Gasteiger partial charge in [-0.15, -0.1) is 0 Å². The third-order valence-electron chi connectivity index (χ3n) is 5.25. The first-order valence-corrected chi connectivity index (χ1v) is 9.68. The largest absolute Gasteiger partial charge is 0.352 e. The van der Waals surface area contributed by atoms with Gasteiger partial charge in [0.1, 0.15) is 5.82 Å². The number of amides is 1. The third-order valence-corrected chi connectivity index (χ3v) is 5.25. The van der Waals surface area contributed by atoms with Crippen LogP contribution in [0.3, 0.4) is 0 Å². The van der Waals surface area contributed by atoms with Gasteiger partial charge in [-0.25, -0.2) is 4.98 Å². The number of piperidine rings is 1. The minimum atomic E-state index is -0.126. The van der Waals surface area contributed by atoms with Crippen LogP contribution in [0.2, 0.25) is 0 Å². The highest BCUT2D eigenvalue weighted by Gasteiger charge is 2.22. The number of pyridine rings is 1. The van der Waals surface area contributed by atoms with Gasteiger partial charge in [0.2, 0.25) is 5.56 Å². The maximum atomic E-state index is 12.3. The number of carbonyl (C=O) groups is 1. The first-order chi connectivity index (χ1) is 13.0. The fourth-order valence-electron chi connectivity index (χ4n) is 3.63. The van der Waals surface area contributed by atoms with E-state index in [1.54, 1.807) is 19.3 Å². The second-order valence-corrected chi connectivity index (χ2v) is 7.43. The Morgan fingerprint density at radius 1 is 1.41 bits per heavy atom. The van der Waals surface area contributed by atoms with E-state index >= 15 is 0 Å². The summed E-state index contributed by atoms with van der Waals surface area (Å²) in [6.45, 7) is 7.72. The summed E-state index contributed by atoms with van der Waals surface area (Å²) < 4.78 is 1.42. The fourth-order valence-corrected chi connectivity index (χ4v) is 3.63. The highest BCUT2D eigenvalue weighted by molar-refractivity contribution is 5.93.